The van der Waals surface area contributed by atoms with Crippen LogP contribution in [0.25, 0.3) is 33.7 Å². The van der Waals surface area contributed by atoms with E-state index in [9.17, 15) is 4.79 Å². The minimum atomic E-state index is -0.203. The van der Waals surface area contributed by atoms with Gasteiger partial charge in [0.25, 0.3) is 5.56 Å². The SMILES string of the molecule is COc1ccc(-c2nc3ccc(-c4n[nH]c(=O)cc4C)cc3[nH]2)cc1. The Bertz CT molecular complexity index is 1110. The van der Waals surface area contributed by atoms with Crippen LogP contribution < -0.4 is 10.3 Å². The molecular formula is C19H16N4O2. The zero-order valence-electron chi connectivity index (χ0n) is 13.8. The molecule has 2 heterocycles. The first-order valence-electron chi connectivity index (χ1n) is 7.85. The van der Waals surface area contributed by atoms with Crippen molar-refractivity contribution in [3.05, 3.63) is 64.4 Å². The molecule has 2 aromatic heterocycles. The summed E-state index contributed by atoms with van der Waals surface area (Å²) in [5.41, 5.74) is 5.07. The Morgan fingerprint density at radius 3 is 2.48 bits per heavy atom. The number of ether oxygens (including phenoxy) is 1. The summed E-state index contributed by atoms with van der Waals surface area (Å²) in [5, 5.41) is 6.64. The highest BCUT2D eigenvalue weighted by Gasteiger charge is 2.09. The Hall–Kier alpha value is -3.41. The lowest BCUT2D eigenvalue weighted by atomic mass is 10.1. The highest BCUT2D eigenvalue weighted by Crippen LogP contribution is 2.26. The maximum atomic E-state index is 11.3. The van der Waals surface area contributed by atoms with E-state index in [1.165, 1.54) is 0 Å². The number of benzene rings is 2. The van der Waals surface area contributed by atoms with Crippen molar-refractivity contribution in [2.75, 3.05) is 7.11 Å². The van der Waals surface area contributed by atoms with E-state index in [1.807, 2.05) is 49.4 Å². The van der Waals surface area contributed by atoms with E-state index in [1.54, 1.807) is 13.2 Å². The number of hydrogen-bond donors (Lipinski definition) is 2. The van der Waals surface area contributed by atoms with Gasteiger partial charge < -0.3 is 9.72 Å². The number of aryl methyl sites for hydroxylation is 1. The number of rotatable bonds is 3. The number of imidazole rings is 1. The molecule has 0 bridgehead atoms. The van der Waals surface area contributed by atoms with Crippen LogP contribution >= 0.6 is 0 Å². The summed E-state index contributed by atoms with van der Waals surface area (Å²) in [5.74, 6) is 1.60. The summed E-state index contributed by atoms with van der Waals surface area (Å²) in [6.45, 7) is 1.87. The summed E-state index contributed by atoms with van der Waals surface area (Å²) in [6, 6.07) is 15.2. The number of nitrogens with zero attached hydrogens (tertiary/aromatic N) is 2. The van der Waals surface area contributed by atoms with Crippen molar-refractivity contribution in [1.82, 2.24) is 20.2 Å². The summed E-state index contributed by atoms with van der Waals surface area (Å²) in [4.78, 5) is 19.3. The quantitative estimate of drug-likeness (QED) is 0.603. The van der Waals surface area contributed by atoms with Crippen LogP contribution in [0.15, 0.2) is 53.3 Å². The van der Waals surface area contributed by atoms with Crippen LogP contribution in [0.1, 0.15) is 5.56 Å². The molecule has 0 atom stereocenters. The fourth-order valence-electron chi connectivity index (χ4n) is 2.83. The molecule has 0 unspecified atom stereocenters. The van der Waals surface area contributed by atoms with Gasteiger partial charge in [-0.2, -0.15) is 5.10 Å². The predicted molar refractivity (Wildman–Crippen MR) is 96.7 cm³/mol. The molecule has 0 saturated carbocycles. The number of aromatic amines is 2. The lowest BCUT2D eigenvalue weighted by molar-refractivity contribution is 0.415. The highest BCUT2D eigenvalue weighted by molar-refractivity contribution is 5.84. The fourth-order valence-corrected chi connectivity index (χ4v) is 2.83. The lowest BCUT2D eigenvalue weighted by Crippen LogP contribution is -2.08. The largest absolute Gasteiger partial charge is 0.497 e. The predicted octanol–water partition coefficient (Wildman–Crippen LogP) is 3.30. The van der Waals surface area contributed by atoms with Crippen molar-refractivity contribution in [3.63, 3.8) is 0 Å². The highest BCUT2D eigenvalue weighted by atomic mass is 16.5. The molecule has 6 heteroatoms. The molecule has 0 aliphatic rings. The van der Waals surface area contributed by atoms with Gasteiger partial charge in [0.15, 0.2) is 0 Å². The minimum Gasteiger partial charge on any atom is -0.497 e. The van der Waals surface area contributed by atoms with E-state index in [0.29, 0.717) is 0 Å². The average molecular weight is 332 g/mol. The number of nitrogens with one attached hydrogen (secondary N) is 2. The molecule has 124 valence electrons. The van der Waals surface area contributed by atoms with E-state index in [0.717, 1.165) is 45.0 Å². The molecule has 4 rings (SSSR count). The maximum Gasteiger partial charge on any atom is 0.264 e. The van der Waals surface area contributed by atoms with Crippen molar-refractivity contribution in [2.24, 2.45) is 0 Å². The third kappa shape index (κ3) is 2.78. The van der Waals surface area contributed by atoms with Gasteiger partial charge in [0.1, 0.15) is 11.6 Å². The molecule has 0 amide bonds. The Labute approximate surface area is 143 Å². The van der Waals surface area contributed by atoms with Gasteiger partial charge in [-0.05, 0) is 48.9 Å². The zero-order valence-corrected chi connectivity index (χ0v) is 13.8. The standard InChI is InChI=1S/C19H16N4O2/c1-11-9-17(24)22-23-18(11)13-5-8-15-16(10-13)21-19(20-15)12-3-6-14(25-2)7-4-12/h3-10H,1-2H3,(H,20,21)(H,22,24). The molecular weight excluding hydrogens is 316 g/mol. The third-order valence-corrected chi connectivity index (χ3v) is 4.12. The molecule has 0 aliphatic carbocycles. The zero-order chi connectivity index (χ0) is 17.4. The molecule has 25 heavy (non-hydrogen) atoms. The molecule has 0 spiro atoms. The van der Waals surface area contributed by atoms with Crippen LogP contribution in [0, 0.1) is 6.92 Å². The van der Waals surface area contributed by atoms with Gasteiger partial charge in [-0.1, -0.05) is 6.07 Å². The third-order valence-electron chi connectivity index (χ3n) is 4.12. The number of methoxy groups -OCH3 is 1. The first-order chi connectivity index (χ1) is 12.1. The van der Waals surface area contributed by atoms with Crippen LogP contribution in [0.5, 0.6) is 5.75 Å². The minimum absolute atomic E-state index is 0.203. The molecule has 2 aromatic carbocycles. The second-order valence-corrected chi connectivity index (χ2v) is 5.81. The molecule has 4 aromatic rings. The molecule has 0 fully saturated rings. The van der Waals surface area contributed by atoms with Crippen molar-refractivity contribution in [1.29, 1.82) is 0 Å². The van der Waals surface area contributed by atoms with Gasteiger partial charge in [0.2, 0.25) is 0 Å². The Kier molecular flexibility index (Phi) is 3.57. The number of hydrogen-bond acceptors (Lipinski definition) is 4. The fraction of sp³-hybridized carbons (Fsp3) is 0.105. The Balaban J connectivity index is 1.77. The average Bonchev–Trinajstić information content (AvgIpc) is 3.05. The van der Waals surface area contributed by atoms with Gasteiger partial charge in [-0.3, -0.25) is 4.79 Å². The van der Waals surface area contributed by atoms with Crippen LogP contribution in [-0.4, -0.2) is 27.3 Å². The lowest BCUT2D eigenvalue weighted by Gasteiger charge is -2.03. The number of fused-ring (bicyclic) bond motifs is 1. The van der Waals surface area contributed by atoms with E-state index >= 15 is 0 Å². The molecule has 0 saturated heterocycles. The molecule has 0 radical (unpaired) electrons. The van der Waals surface area contributed by atoms with E-state index in [4.69, 9.17) is 4.74 Å². The first-order valence-corrected chi connectivity index (χ1v) is 7.85. The van der Waals surface area contributed by atoms with Crippen LogP contribution in [0.3, 0.4) is 0 Å². The van der Waals surface area contributed by atoms with Crippen molar-refractivity contribution in [2.45, 2.75) is 6.92 Å². The Morgan fingerprint density at radius 1 is 1.00 bits per heavy atom. The monoisotopic (exact) mass is 332 g/mol. The van der Waals surface area contributed by atoms with Gasteiger partial charge >= 0.3 is 0 Å². The summed E-state index contributed by atoms with van der Waals surface area (Å²) in [7, 11) is 1.64. The van der Waals surface area contributed by atoms with Gasteiger partial charge in [0, 0.05) is 17.2 Å². The number of aromatic nitrogens is 4. The van der Waals surface area contributed by atoms with Gasteiger partial charge in [0.05, 0.1) is 23.8 Å². The smallest absolute Gasteiger partial charge is 0.264 e. The normalized spacial score (nSPS) is 11.0. The van der Waals surface area contributed by atoms with Gasteiger partial charge in [-0.25, -0.2) is 10.1 Å². The maximum absolute atomic E-state index is 11.3. The van der Waals surface area contributed by atoms with Crippen LogP contribution in [0.4, 0.5) is 0 Å². The van der Waals surface area contributed by atoms with Crippen molar-refractivity contribution < 1.29 is 4.74 Å². The van der Waals surface area contributed by atoms with Crippen LogP contribution in [-0.2, 0) is 0 Å². The second kappa shape index (κ2) is 5.90. The van der Waals surface area contributed by atoms with Crippen molar-refractivity contribution >= 4 is 11.0 Å². The summed E-state index contributed by atoms with van der Waals surface area (Å²) < 4.78 is 5.19. The first kappa shape index (κ1) is 15.1. The summed E-state index contributed by atoms with van der Waals surface area (Å²) in [6.07, 6.45) is 0. The number of H-pyrrole nitrogens is 2. The topological polar surface area (TPSA) is 83.7 Å². The summed E-state index contributed by atoms with van der Waals surface area (Å²) >= 11 is 0. The molecule has 0 aliphatic heterocycles. The van der Waals surface area contributed by atoms with Gasteiger partial charge in [-0.15, -0.1) is 0 Å². The van der Waals surface area contributed by atoms with E-state index < -0.39 is 0 Å². The van der Waals surface area contributed by atoms with E-state index in [2.05, 4.69) is 20.2 Å². The van der Waals surface area contributed by atoms with E-state index in [-0.39, 0.29) is 5.56 Å². The van der Waals surface area contributed by atoms with Crippen molar-refractivity contribution in [3.8, 4) is 28.4 Å². The second-order valence-electron chi connectivity index (χ2n) is 5.81. The molecule has 2 N–H and O–H groups in total. The Morgan fingerprint density at radius 2 is 1.76 bits per heavy atom. The molecule has 6 nitrogen and oxygen atoms in total. The van der Waals surface area contributed by atoms with Crippen LogP contribution in [0.2, 0.25) is 0 Å².